The van der Waals surface area contributed by atoms with Crippen LogP contribution >= 0.6 is 23.2 Å². The van der Waals surface area contributed by atoms with E-state index in [0.29, 0.717) is 21.1 Å². The van der Waals surface area contributed by atoms with Crippen molar-refractivity contribution in [2.24, 2.45) is 0 Å². The second-order valence-electron chi connectivity index (χ2n) is 6.36. The smallest absolute Gasteiger partial charge is 0.200 e. The molecule has 4 rings (SSSR count). The topological polar surface area (TPSA) is 127 Å². The summed E-state index contributed by atoms with van der Waals surface area (Å²) in [5, 5.41) is 3.60. The normalized spacial score (nSPS) is 11.7. The molecule has 0 unspecified atom stereocenters. The summed E-state index contributed by atoms with van der Waals surface area (Å²) in [6.07, 6.45) is 0.930. The number of benzene rings is 2. The van der Waals surface area contributed by atoms with Crippen molar-refractivity contribution in [2.45, 2.75) is 4.90 Å². The van der Waals surface area contributed by atoms with Crippen molar-refractivity contribution in [1.29, 1.82) is 0 Å². The maximum atomic E-state index is 14.3. The van der Waals surface area contributed by atoms with Crippen LogP contribution in [0.3, 0.4) is 0 Å². The molecule has 2 heterocycles. The van der Waals surface area contributed by atoms with Gasteiger partial charge in [-0.05, 0) is 30.3 Å². The van der Waals surface area contributed by atoms with Crippen molar-refractivity contribution in [3.63, 3.8) is 0 Å². The van der Waals surface area contributed by atoms with E-state index in [0.717, 1.165) is 12.3 Å². The SMILES string of the molecule is CS(=O)(=O)c1ccc(Nc2nc(-c3c(Cl)cccc3Cl)nc3nc(N)[nH]c23)cc1F. The quantitative estimate of drug-likeness (QED) is 0.411. The van der Waals surface area contributed by atoms with Gasteiger partial charge in [0.2, 0.25) is 0 Å². The van der Waals surface area contributed by atoms with Crippen LogP contribution in [0.2, 0.25) is 10.0 Å². The van der Waals surface area contributed by atoms with Crippen LogP contribution in [0, 0.1) is 5.82 Å². The zero-order chi connectivity index (χ0) is 21.6. The predicted molar refractivity (Wildman–Crippen MR) is 114 cm³/mol. The van der Waals surface area contributed by atoms with Crippen molar-refractivity contribution in [1.82, 2.24) is 19.9 Å². The molecule has 0 amide bonds. The minimum absolute atomic E-state index is 0.100. The molecular weight excluding hydrogens is 454 g/mol. The Morgan fingerprint density at radius 1 is 1.10 bits per heavy atom. The molecule has 0 aliphatic carbocycles. The van der Waals surface area contributed by atoms with Gasteiger partial charge in [0.05, 0.1) is 15.6 Å². The lowest BCUT2D eigenvalue weighted by Gasteiger charge is -2.11. The van der Waals surface area contributed by atoms with Crippen LogP contribution in [0.4, 0.5) is 21.8 Å². The summed E-state index contributed by atoms with van der Waals surface area (Å²) in [6.45, 7) is 0. The second kappa shape index (κ2) is 7.38. The van der Waals surface area contributed by atoms with E-state index in [-0.39, 0.29) is 28.9 Å². The lowest BCUT2D eigenvalue weighted by atomic mass is 10.2. The number of hydrogen-bond donors (Lipinski definition) is 3. The summed E-state index contributed by atoms with van der Waals surface area (Å²) >= 11 is 12.5. The summed E-state index contributed by atoms with van der Waals surface area (Å²) in [5.41, 5.74) is 7.01. The molecule has 0 saturated heterocycles. The highest BCUT2D eigenvalue weighted by atomic mass is 35.5. The average molecular weight is 467 g/mol. The average Bonchev–Trinajstić information content (AvgIpc) is 3.01. The minimum Gasteiger partial charge on any atom is -0.369 e. The molecule has 0 fully saturated rings. The zero-order valence-electron chi connectivity index (χ0n) is 15.2. The predicted octanol–water partition coefficient (Wildman–Crippen LogP) is 4.20. The molecule has 2 aromatic carbocycles. The number of imidazole rings is 1. The standard InChI is InChI=1S/C18H13Cl2FN6O2S/c1-30(28,29)12-6-5-8(7-11(12)21)23-16-14-17(27-18(22)24-14)26-15(25-16)13-9(19)3-2-4-10(13)20/h2-7H,1H3,(H4,22,23,24,25,26,27). The number of H-pyrrole nitrogens is 1. The van der Waals surface area contributed by atoms with E-state index in [2.05, 4.69) is 25.3 Å². The molecule has 154 valence electrons. The molecule has 0 bridgehead atoms. The van der Waals surface area contributed by atoms with Gasteiger partial charge in [0.1, 0.15) is 16.2 Å². The molecule has 4 aromatic rings. The molecule has 12 heteroatoms. The van der Waals surface area contributed by atoms with Gasteiger partial charge in [-0.25, -0.2) is 22.8 Å². The third-order valence-corrected chi connectivity index (χ3v) is 5.91. The van der Waals surface area contributed by atoms with E-state index in [1.165, 1.54) is 12.1 Å². The fraction of sp³-hybridized carbons (Fsp3) is 0.0556. The first kappa shape index (κ1) is 20.3. The maximum absolute atomic E-state index is 14.3. The van der Waals surface area contributed by atoms with Crippen LogP contribution in [0.15, 0.2) is 41.3 Å². The molecule has 0 saturated carbocycles. The molecule has 0 spiro atoms. The Kier molecular flexibility index (Phi) is 5.00. The molecule has 0 atom stereocenters. The molecule has 2 aromatic heterocycles. The largest absolute Gasteiger partial charge is 0.369 e. The first-order valence-electron chi connectivity index (χ1n) is 8.38. The monoisotopic (exact) mass is 466 g/mol. The van der Waals surface area contributed by atoms with Gasteiger partial charge in [0, 0.05) is 11.9 Å². The van der Waals surface area contributed by atoms with Crippen molar-refractivity contribution >= 4 is 61.7 Å². The highest BCUT2D eigenvalue weighted by Crippen LogP contribution is 2.35. The number of nitrogens with one attached hydrogen (secondary N) is 2. The number of nitrogen functional groups attached to an aromatic ring is 1. The number of aromatic nitrogens is 4. The summed E-state index contributed by atoms with van der Waals surface area (Å²) in [7, 11) is -3.70. The van der Waals surface area contributed by atoms with Gasteiger partial charge in [0.25, 0.3) is 0 Å². The van der Waals surface area contributed by atoms with Gasteiger partial charge < -0.3 is 16.0 Å². The Balaban J connectivity index is 1.86. The van der Waals surface area contributed by atoms with E-state index in [1.54, 1.807) is 18.2 Å². The molecule has 8 nitrogen and oxygen atoms in total. The Bertz CT molecular complexity index is 1390. The van der Waals surface area contributed by atoms with Gasteiger partial charge in [-0.2, -0.15) is 4.98 Å². The van der Waals surface area contributed by atoms with E-state index < -0.39 is 20.5 Å². The third kappa shape index (κ3) is 3.76. The van der Waals surface area contributed by atoms with Crippen LogP contribution in [0.5, 0.6) is 0 Å². The van der Waals surface area contributed by atoms with Gasteiger partial charge >= 0.3 is 0 Å². The molecule has 0 aliphatic rings. The number of hydrogen-bond acceptors (Lipinski definition) is 7. The number of anilines is 3. The Hall–Kier alpha value is -2.95. The van der Waals surface area contributed by atoms with Gasteiger partial charge in [-0.1, -0.05) is 29.3 Å². The van der Waals surface area contributed by atoms with Crippen LogP contribution in [-0.4, -0.2) is 34.6 Å². The first-order chi connectivity index (χ1) is 14.1. The fourth-order valence-electron chi connectivity index (χ4n) is 2.84. The third-order valence-electron chi connectivity index (χ3n) is 4.15. The number of aromatic amines is 1. The van der Waals surface area contributed by atoms with Crippen molar-refractivity contribution in [3.8, 4) is 11.4 Å². The molecular formula is C18H13Cl2FN6O2S. The number of rotatable bonds is 4. The van der Waals surface area contributed by atoms with Gasteiger partial charge in [-0.3, -0.25) is 0 Å². The van der Waals surface area contributed by atoms with Crippen molar-refractivity contribution in [3.05, 3.63) is 52.3 Å². The summed E-state index contributed by atoms with van der Waals surface area (Å²) < 4.78 is 37.6. The Labute approximate surface area is 180 Å². The minimum atomic E-state index is -3.70. The lowest BCUT2D eigenvalue weighted by Crippen LogP contribution is -2.03. The summed E-state index contributed by atoms with van der Waals surface area (Å²) in [6, 6.07) is 8.59. The van der Waals surface area contributed by atoms with Gasteiger partial charge in [-0.15, -0.1) is 0 Å². The molecule has 30 heavy (non-hydrogen) atoms. The number of nitrogens with zero attached hydrogens (tertiary/aromatic N) is 3. The molecule has 4 N–H and O–H groups in total. The van der Waals surface area contributed by atoms with Crippen molar-refractivity contribution in [2.75, 3.05) is 17.3 Å². The highest BCUT2D eigenvalue weighted by molar-refractivity contribution is 7.90. The number of fused-ring (bicyclic) bond motifs is 1. The maximum Gasteiger partial charge on any atom is 0.200 e. The van der Waals surface area contributed by atoms with E-state index in [9.17, 15) is 12.8 Å². The number of halogens is 3. The zero-order valence-corrected chi connectivity index (χ0v) is 17.6. The van der Waals surface area contributed by atoms with Crippen LogP contribution in [0.25, 0.3) is 22.6 Å². The summed E-state index contributed by atoms with van der Waals surface area (Å²) in [4.78, 5) is 15.3. The number of sulfone groups is 1. The van der Waals surface area contributed by atoms with E-state index >= 15 is 0 Å². The fourth-order valence-corrected chi connectivity index (χ4v) is 4.14. The van der Waals surface area contributed by atoms with Gasteiger partial charge in [0.15, 0.2) is 33.1 Å². The number of nitrogens with two attached hydrogens (primary N) is 1. The van der Waals surface area contributed by atoms with Crippen molar-refractivity contribution < 1.29 is 12.8 Å². The first-order valence-corrected chi connectivity index (χ1v) is 11.0. The highest BCUT2D eigenvalue weighted by Gasteiger charge is 2.19. The Morgan fingerprint density at radius 2 is 1.80 bits per heavy atom. The van der Waals surface area contributed by atoms with E-state index in [4.69, 9.17) is 28.9 Å². The Morgan fingerprint density at radius 3 is 2.43 bits per heavy atom. The lowest BCUT2D eigenvalue weighted by molar-refractivity contribution is 0.571. The van der Waals surface area contributed by atoms with E-state index in [1.807, 2.05) is 0 Å². The van der Waals surface area contributed by atoms with Crippen LogP contribution in [0.1, 0.15) is 0 Å². The summed E-state index contributed by atoms with van der Waals surface area (Å²) in [5.74, 6) is -0.392. The molecule has 0 radical (unpaired) electrons. The second-order valence-corrected chi connectivity index (χ2v) is 9.15. The van der Waals surface area contributed by atoms with Crippen LogP contribution < -0.4 is 11.1 Å². The van der Waals surface area contributed by atoms with Crippen LogP contribution in [-0.2, 0) is 9.84 Å². The molecule has 0 aliphatic heterocycles.